The maximum atomic E-state index is 13.3. The number of ether oxygens (including phenoxy) is 1. The van der Waals surface area contributed by atoms with Crippen molar-refractivity contribution in [2.75, 3.05) is 0 Å². The number of alkyl halides is 12. The van der Waals surface area contributed by atoms with E-state index in [4.69, 9.17) is 4.74 Å². The van der Waals surface area contributed by atoms with Crippen molar-refractivity contribution < 1.29 is 77.5 Å². The predicted octanol–water partition coefficient (Wildman–Crippen LogP) is 9.52. The Hall–Kier alpha value is -2.95. The molecular formula is C32H38F12O5. The minimum atomic E-state index is -6.58. The maximum Gasteiger partial charge on any atom is 0.426 e. The summed E-state index contributed by atoms with van der Waals surface area (Å²) in [7, 11) is 0. The number of hydrogen-bond acceptors (Lipinski definition) is 5. The molecule has 0 radical (unpaired) electrons. The van der Waals surface area contributed by atoms with E-state index in [-0.39, 0.29) is 6.42 Å². The monoisotopic (exact) mass is 730 g/mol. The van der Waals surface area contributed by atoms with Crippen LogP contribution in [-0.2, 0) is 9.53 Å². The minimum Gasteiger partial charge on any atom is -0.508 e. The van der Waals surface area contributed by atoms with Crippen LogP contribution in [0.3, 0.4) is 0 Å². The quantitative estimate of drug-likeness (QED) is 0.195. The van der Waals surface area contributed by atoms with Crippen molar-refractivity contribution in [2.45, 2.75) is 115 Å². The van der Waals surface area contributed by atoms with Gasteiger partial charge in [0.15, 0.2) is 0 Å². The first-order valence-electron chi connectivity index (χ1n) is 15.1. The van der Waals surface area contributed by atoms with Gasteiger partial charge in [-0.25, -0.2) is 0 Å². The van der Waals surface area contributed by atoms with Gasteiger partial charge in [0.25, 0.3) is 11.2 Å². The molecule has 3 rings (SSSR count). The fraction of sp³-hybridized carbons (Fsp3) is 0.656. The van der Waals surface area contributed by atoms with E-state index in [0.29, 0.717) is 11.7 Å². The Balaban J connectivity index is 0.000000456. The smallest absolute Gasteiger partial charge is 0.426 e. The van der Waals surface area contributed by atoms with Gasteiger partial charge in [-0.3, -0.25) is 4.79 Å². The number of halogens is 12. The highest BCUT2D eigenvalue weighted by Gasteiger charge is 2.78. The number of aliphatic hydroxyl groups is 2. The lowest BCUT2D eigenvalue weighted by molar-refractivity contribution is -0.405. The zero-order valence-electron chi connectivity index (χ0n) is 27.0. The number of esters is 1. The summed E-state index contributed by atoms with van der Waals surface area (Å²) in [5.41, 5.74) is -11.6. The molecule has 3 unspecified atom stereocenters. The van der Waals surface area contributed by atoms with Crippen molar-refractivity contribution in [3.8, 4) is 5.75 Å². The van der Waals surface area contributed by atoms with Crippen LogP contribution in [0.4, 0.5) is 52.7 Å². The number of fused-ring (bicyclic) bond motifs is 1. The number of carbonyl (C=O) groups is 1. The molecule has 1 fully saturated rings. The van der Waals surface area contributed by atoms with E-state index < -0.39 is 84.5 Å². The first-order valence-corrected chi connectivity index (χ1v) is 15.1. The highest BCUT2D eigenvalue weighted by atomic mass is 19.4. The van der Waals surface area contributed by atoms with E-state index in [1.54, 1.807) is 12.1 Å². The van der Waals surface area contributed by atoms with Crippen LogP contribution in [0.1, 0.15) is 78.2 Å². The second-order valence-corrected chi connectivity index (χ2v) is 13.0. The molecule has 3 N–H and O–H groups in total. The molecule has 17 heteroatoms. The largest absolute Gasteiger partial charge is 0.508 e. The van der Waals surface area contributed by atoms with Crippen LogP contribution < -0.4 is 0 Å². The molecule has 3 atom stereocenters. The molecule has 2 aromatic carbocycles. The molecular weight excluding hydrogens is 692 g/mol. The molecule has 0 amide bonds. The number of phenolic OH excluding ortho intramolecular Hbond substituents is 1. The first kappa shape index (κ1) is 42.2. The summed E-state index contributed by atoms with van der Waals surface area (Å²) < 4.78 is 165. The Kier molecular flexibility index (Phi) is 12.4. The Morgan fingerprint density at radius 3 is 1.53 bits per heavy atom. The lowest BCUT2D eigenvalue weighted by Gasteiger charge is -2.48. The van der Waals surface area contributed by atoms with Crippen LogP contribution in [0.2, 0.25) is 0 Å². The van der Waals surface area contributed by atoms with E-state index in [2.05, 4.69) is 32.0 Å². The average molecular weight is 731 g/mol. The molecule has 1 aliphatic carbocycles. The van der Waals surface area contributed by atoms with E-state index in [9.17, 15) is 72.8 Å². The molecule has 1 saturated carbocycles. The van der Waals surface area contributed by atoms with Gasteiger partial charge in [-0.1, -0.05) is 45.0 Å². The van der Waals surface area contributed by atoms with Crippen LogP contribution in [0, 0.1) is 17.3 Å². The molecule has 49 heavy (non-hydrogen) atoms. The van der Waals surface area contributed by atoms with Crippen molar-refractivity contribution >= 4 is 16.7 Å². The van der Waals surface area contributed by atoms with Crippen molar-refractivity contribution in [1.82, 2.24) is 0 Å². The maximum absolute atomic E-state index is 13.3. The molecule has 0 aliphatic heterocycles. The molecule has 5 nitrogen and oxygen atoms in total. The normalized spacial score (nSPS) is 20.8. The molecule has 0 saturated heterocycles. The number of rotatable bonds is 7. The van der Waals surface area contributed by atoms with Crippen LogP contribution in [0.5, 0.6) is 5.75 Å². The molecule has 2 aromatic rings. The summed E-state index contributed by atoms with van der Waals surface area (Å²) in [6.07, 6.45) is -32.8. The average Bonchev–Trinajstić information content (AvgIpc) is 2.97. The summed E-state index contributed by atoms with van der Waals surface area (Å²) in [5.74, 6) is -7.12. The summed E-state index contributed by atoms with van der Waals surface area (Å²) in [5, 5.41) is 30.9. The van der Waals surface area contributed by atoms with Gasteiger partial charge in [-0.15, -0.1) is 0 Å². The van der Waals surface area contributed by atoms with Gasteiger partial charge in [-0.2, -0.15) is 52.7 Å². The second kappa shape index (κ2) is 14.3. The first-order chi connectivity index (χ1) is 22.0. The van der Waals surface area contributed by atoms with Gasteiger partial charge < -0.3 is 20.1 Å². The molecule has 0 bridgehead atoms. The zero-order valence-corrected chi connectivity index (χ0v) is 27.0. The SMILES string of the molecule is CCC(C)(C)C(=O)OC1CC(C(O)(C(F)(F)F)C(F)(F)F)CC(C(O)(C(F)(F)F)C(F)(F)F)C1.CCC(C)c1ccc2cc(O)ccc2c1. The summed E-state index contributed by atoms with van der Waals surface area (Å²) >= 11 is 0. The topological polar surface area (TPSA) is 87.0 Å². The van der Waals surface area contributed by atoms with E-state index >= 15 is 0 Å². The highest BCUT2D eigenvalue weighted by Crippen LogP contribution is 2.58. The third-order valence-corrected chi connectivity index (χ3v) is 9.31. The van der Waals surface area contributed by atoms with Crippen LogP contribution in [0.15, 0.2) is 36.4 Å². The predicted molar refractivity (Wildman–Crippen MR) is 153 cm³/mol. The molecule has 1 aliphatic rings. The molecule has 0 spiro atoms. The Morgan fingerprint density at radius 2 is 1.14 bits per heavy atom. The third-order valence-electron chi connectivity index (χ3n) is 9.31. The van der Waals surface area contributed by atoms with E-state index in [1.807, 2.05) is 6.07 Å². The van der Waals surface area contributed by atoms with Gasteiger partial charge >= 0.3 is 30.7 Å². The standard InChI is InChI=1S/C18H22F12O4.C14H16O/c1-4-12(2,3)11(31)34-10-6-8(13(32,15(19,20)21)16(22,23)24)5-9(7-10)14(33,17(25,26)27)18(28,29)30;1-3-10(2)11-4-5-13-9-14(15)7-6-12(13)8-11/h8-10,32-33H,4-7H2,1-3H3;4-10,15H,3H2,1-2H3. The Labute approximate surface area is 274 Å². The van der Waals surface area contributed by atoms with Gasteiger partial charge in [0.1, 0.15) is 11.9 Å². The fourth-order valence-corrected chi connectivity index (χ4v) is 5.54. The van der Waals surface area contributed by atoms with Crippen LogP contribution >= 0.6 is 0 Å². The summed E-state index contributed by atoms with van der Waals surface area (Å²) in [6.45, 7) is 8.26. The van der Waals surface area contributed by atoms with E-state index in [0.717, 1.165) is 11.8 Å². The lowest BCUT2D eigenvalue weighted by atomic mass is 9.65. The Morgan fingerprint density at radius 1 is 0.735 bits per heavy atom. The number of hydrogen-bond donors (Lipinski definition) is 3. The van der Waals surface area contributed by atoms with Crippen molar-refractivity contribution in [3.05, 3.63) is 42.0 Å². The fourth-order valence-electron chi connectivity index (χ4n) is 5.54. The number of benzene rings is 2. The van der Waals surface area contributed by atoms with Crippen molar-refractivity contribution in [3.63, 3.8) is 0 Å². The number of carbonyl (C=O) groups excluding carboxylic acids is 1. The second-order valence-electron chi connectivity index (χ2n) is 13.0. The van der Waals surface area contributed by atoms with Gasteiger partial charge in [0.2, 0.25) is 0 Å². The molecule has 280 valence electrons. The van der Waals surface area contributed by atoms with Gasteiger partial charge in [-0.05, 0) is 80.3 Å². The summed E-state index contributed by atoms with van der Waals surface area (Å²) in [4.78, 5) is 12.2. The number of aromatic hydroxyl groups is 1. The van der Waals surface area contributed by atoms with Crippen molar-refractivity contribution in [2.24, 2.45) is 17.3 Å². The molecule has 0 heterocycles. The van der Waals surface area contributed by atoms with Crippen LogP contribution in [0.25, 0.3) is 10.8 Å². The lowest BCUT2D eigenvalue weighted by Crippen LogP contribution is -2.67. The van der Waals surface area contributed by atoms with Gasteiger partial charge in [0, 0.05) is 11.8 Å². The zero-order chi connectivity index (χ0) is 38.2. The van der Waals surface area contributed by atoms with Crippen LogP contribution in [-0.4, -0.2) is 63.3 Å². The third kappa shape index (κ3) is 8.68. The minimum absolute atomic E-state index is 0.0184. The summed E-state index contributed by atoms with van der Waals surface area (Å²) in [6, 6.07) is 11.9. The van der Waals surface area contributed by atoms with Gasteiger partial charge in [0.05, 0.1) is 5.41 Å². The Bertz CT molecular complexity index is 1350. The number of phenols is 1. The molecule has 0 aromatic heterocycles. The van der Waals surface area contributed by atoms with Crippen molar-refractivity contribution in [1.29, 1.82) is 0 Å². The highest BCUT2D eigenvalue weighted by molar-refractivity contribution is 5.84. The van der Waals surface area contributed by atoms with E-state index in [1.165, 1.54) is 31.7 Å².